The van der Waals surface area contributed by atoms with Gasteiger partial charge in [0.25, 0.3) is 0 Å². The molecule has 0 spiro atoms. The minimum absolute atomic E-state index is 0.184. The van der Waals surface area contributed by atoms with Crippen molar-refractivity contribution >= 4 is 28.9 Å². The Morgan fingerprint density at radius 2 is 1.64 bits per heavy atom. The lowest BCUT2D eigenvalue weighted by atomic mass is 9.96. The number of halogens is 1. The molecule has 0 saturated carbocycles. The molecule has 3 nitrogen and oxygen atoms in total. The second-order valence-corrected chi connectivity index (χ2v) is 6.92. The van der Waals surface area contributed by atoms with Gasteiger partial charge in [-0.1, -0.05) is 38.1 Å². The highest BCUT2D eigenvalue weighted by Crippen LogP contribution is 2.18. The van der Waals surface area contributed by atoms with E-state index in [1.54, 1.807) is 12.1 Å². The second-order valence-electron chi connectivity index (χ2n) is 6.51. The van der Waals surface area contributed by atoms with E-state index in [4.69, 9.17) is 12.2 Å². The minimum Gasteiger partial charge on any atom is -0.332 e. The van der Waals surface area contributed by atoms with Crippen LogP contribution in [0, 0.1) is 11.7 Å². The Bertz CT molecular complexity index is 726. The first-order valence-corrected chi connectivity index (χ1v) is 8.72. The Hall–Kier alpha value is -2.27. The van der Waals surface area contributed by atoms with Crippen LogP contribution in [-0.2, 0) is 11.2 Å². The molecule has 0 aliphatic carbocycles. The van der Waals surface area contributed by atoms with Gasteiger partial charge in [0, 0.05) is 5.69 Å². The van der Waals surface area contributed by atoms with Crippen molar-refractivity contribution in [1.29, 1.82) is 0 Å². The van der Waals surface area contributed by atoms with Gasteiger partial charge in [-0.3, -0.25) is 4.79 Å². The van der Waals surface area contributed by atoms with Gasteiger partial charge in [-0.15, -0.1) is 0 Å². The van der Waals surface area contributed by atoms with Gasteiger partial charge in [0.15, 0.2) is 5.11 Å². The first-order valence-electron chi connectivity index (χ1n) is 8.31. The second kappa shape index (κ2) is 8.72. The molecule has 0 radical (unpaired) electrons. The average molecular weight is 358 g/mol. The number of thiocarbonyl (C=S) groups is 1. The Morgan fingerprint density at radius 1 is 1.04 bits per heavy atom. The Kier molecular flexibility index (Phi) is 6.65. The summed E-state index contributed by atoms with van der Waals surface area (Å²) >= 11 is 5.15. The Labute approximate surface area is 153 Å². The van der Waals surface area contributed by atoms with Gasteiger partial charge < -0.3 is 10.6 Å². The predicted octanol–water partition coefficient (Wildman–Crippen LogP) is 4.64. The molecule has 2 rings (SSSR count). The highest BCUT2D eigenvalue weighted by molar-refractivity contribution is 7.80. The van der Waals surface area contributed by atoms with Crippen LogP contribution in [0.4, 0.5) is 10.1 Å². The normalized spacial score (nSPS) is 11.9. The third kappa shape index (κ3) is 5.94. The SMILES string of the molecule is CC(C)Cc1ccc(C(C)C(=O)NC(=S)Nc2ccc(F)cc2)cc1. The molecule has 0 saturated heterocycles. The van der Waals surface area contributed by atoms with Crippen LogP contribution in [0.1, 0.15) is 37.8 Å². The van der Waals surface area contributed by atoms with Gasteiger partial charge in [-0.2, -0.15) is 0 Å². The van der Waals surface area contributed by atoms with E-state index in [1.165, 1.54) is 17.7 Å². The number of hydrogen-bond acceptors (Lipinski definition) is 2. The number of hydrogen-bond donors (Lipinski definition) is 2. The molecule has 1 amide bonds. The number of benzene rings is 2. The summed E-state index contributed by atoms with van der Waals surface area (Å²) in [6.07, 6.45) is 1.02. The summed E-state index contributed by atoms with van der Waals surface area (Å²) in [7, 11) is 0. The molecule has 25 heavy (non-hydrogen) atoms. The van der Waals surface area contributed by atoms with Crippen molar-refractivity contribution in [2.45, 2.75) is 33.1 Å². The summed E-state index contributed by atoms with van der Waals surface area (Å²) in [4.78, 5) is 12.4. The van der Waals surface area contributed by atoms with Crippen LogP contribution in [0.5, 0.6) is 0 Å². The standard InChI is InChI=1S/C20H23FN2OS/c1-13(2)12-15-4-6-16(7-5-15)14(3)19(24)23-20(25)22-18-10-8-17(21)9-11-18/h4-11,13-14H,12H2,1-3H3,(H2,22,23,24,25). The highest BCUT2D eigenvalue weighted by Gasteiger charge is 2.16. The van der Waals surface area contributed by atoms with Crippen LogP contribution >= 0.6 is 12.2 Å². The van der Waals surface area contributed by atoms with Crippen molar-refractivity contribution < 1.29 is 9.18 Å². The fraction of sp³-hybridized carbons (Fsp3) is 0.300. The Morgan fingerprint density at radius 3 is 2.20 bits per heavy atom. The molecular formula is C20H23FN2OS. The lowest BCUT2D eigenvalue weighted by molar-refractivity contribution is -0.120. The van der Waals surface area contributed by atoms with E-state index in [0.717, 1.165) is 12.0 Å². The topological polar surface area (TPSA) is 41.1 Å². The van der Waals surface area contributed by atoms with Crippen LogP contribution in [0.3, 0.4) is 0 Å². The number of amides is 1. The van der Waals surface area contributed by atoms with Crippen LogP contribution < -0.4 is 10.6 Å². The van der Waals surface area contributed by atoms with Gasteiger partial charge in [0.05, 0.1) is 5.92 Å². The maximum atomic E-state index is 12.9. The van der Waals surface area contributed by atoms with E-state index in [0.29, 0.717) is 11.6 Å². The van der Waals surface area contributed by atoms with Crippen LogP contribution in [0.15, 0.2) is 48.5 Å². The lowest BCUT2D eigenvalue weighted by Crippen LogP contribution is -2.36. The molecule has 0 heterocycles. The zero-order valence-electron chi connectivity index (χ0n) is 14.7. The molecule has 5 heteroatoms. The summed E-state index contributed by atoms with van der Waals surface area (Å²) in [5, 5.41) is 5.74. The number of carbonyl (C=O) groups excluding carboxylic acids is 1. The van der Waals surface area contributed by atoms with Gasteiger partial charge in [0.2, 0.25) is 5.91 Å². The van der Waals surface area contributed by atoms with E-state index in [9.17, 15) is 9.18 Å². The van der Waals surface area contributed by atoms with Crippen LogP contribution in [0.2, 0.25) is 0 Å². The molecule has 2 aromatic carbocycles. The minimum atomic E-state index is -0.324. The van der Waals surface area contributed by atoms with Crippen LogP contribution in [-0.4, -0.2) is 11.0 Å². The van der Waals surface area contributed by atoms with Gasteiger partial charge in [0.1, 0.15) is 5.82 Å². The number of anilines is 1. The fourth-order valence-corrected chi connectivity index (χ4v) is 2.70. The zero-order chi connectivity index (χ0) is 18.4. The van der Waals surface area contributed by atoms with Crippen molar-refractivity contribution in [3.8, 4) is 0 Å². The van der Waals surface area contributed by atoms with Gasteiger partial charge in [-0.25, -0.2) is 4.39 Å². The third-order valence-electron chi connectivity index (χ3n) is 3.86. The smallest absolute Gasteiger partial charge is 0.233 e. The quantitative estimate of drug-likeness (QED) is 0.765. The summed E-state index contributed by atoms with van der Waals surface area (Å²) in [5.41, 5.74) is 2.83. The van der Waals surface area contributed by atoms with Crippen molar-refractivity contribution in [1.82, 2.24) is 5.32 Å². The molecule has 1 atom stereocenters. The molecule has 0 aromatic heterocycles. The monoisotopic (exact) mass is 358 g/mol. The Balaban J connectivity index is 1.92. The molecule has 1 unspecified atom stereocenters. The summed E-state index contributed by atoms with van der Waals surface area (Å²) in [6.45, 7) is 6.20. The average Bonchev–Trinajstić information content (AvgIpc) is 2.56. The van der Waals surface area contributed by atoms with E-state index in [2.05, 4.69) is 36.6 Å². The molecule has 2 aromatic rings. The summed E-state index contributed by atoms with van der Waals surface area (Å²) in [6, 6.07) is 13.9. The van der Waals surface area contributed by atoms with Gasteiger partial charge >= 0.3 is 0 Å². The predicted molar refractivity (Wildman–Crippen MR) is 104 cm³/mol. The number of rotatable bonds is 5. The molecule has 0 aliphatic heterocycles. The first-order chi connectivity index (χ1) is 11.8. The maximum Gasteiger partial charge on any atom is 0.233 e. The summed E-state index contributed by atoms with van der Waals surface area (Å²) in [5.74, 6) is -0.228. The van der Waals surface area contributed by atoms with Crippen LogP contribution in [0.25, 0.3) is 0 Å². The maximum absolute atomic E-state index is 12.9. The molecule has 2 N–H and O–H groups in total. The summed E-state index contributed by atoms with van der Waals surface area (Å²) < 4.78 is 12.9. The molecular weight excluding hydrogens is 335 g/mol. The van der Waals surface area contributed by atoms with E-state index < -0.39 is 0 Å². The molecule has 0 fully saturated rings. The molecule has 132 valence electrons. The van der Waals surface area contributed by atoms with E-state index in [-0.39, 0.29) is 22.8 Å². The van der Waals surface area contributed by atoms with Crippen molar-refractivity contribution in [3.63, 3.8) is 0 Å². The lowest BCUT2D eigenvalue weighted by Gasteiger charge is -2.15. The first kappa shape index (κ1) is 19.1. The van der Waals surface area contributed by atoms with Crippen molar-refractivity contribution in [3.05, 3.63) is 65.5 Å². The third-order valence-corrected chi connectivity index (χ3v) is 4.06. The van der Waals surface area contributed by atoms with E-state index >= 15 is 0 Å². The van der Waals surface area contributed by atoms with Crippen molar-refractivity contribution in [2.75, 3.05) is 5.32 Å². The van der Waals surface area contributed by atoms with Gasteiger partial charge in [-0.05, 0) is 66.9 Å². The fourth-order valence-electron chi connectivity index (χ4n) is 2.48. The molecule has 0 aliphatic rings. The van der Waals surface area contributed by atoms with Crippen molar-refractivity contribution in [2.24, 2.45) is 5.92 Å². The number of carbonyl (C=O) groups is 1. The number of nitrogens with one attached hydrogen (secondary N) is 2. The molecule has 0 bridgehead atoms. The largest absolute Gasteiger partial charge is 0.332 e. The van der Waals surface area contributed by atoms with E-state index in [1.807, 2.05) is 19.1 Å². The highest BCUT2D eigenvalue weighted by atomic mass is 32.1. The zero-order valence-corrected chi connectivity index (χ0v) is 15.5.